The molecule has 2 heterocycles. The van der Waals surface area contributed by atoms with Crippen LogP contribution in [0.15, 0.2) is 72.9 Å². The van der Waals surface area contributed by atoms with E-state index in [2.05, 4.69) is 57.6 Å². The lowest BCUT2D eigenvalue weighted by molar-refractivity contribution is 1.11. The number of rotatable bonds is 4. The molecule has 24 heavy (non-hydrogen) atoms. The summed E-state index contributed by atoms with van der Waals surface area (Å²) in [5, 5.41) is 8.63. The lowest BCUT2D eigenvalue weighted by Gasteiger charge is -2.02. The summed E-state index contributed by atoms with van der Waals surface area (Å²) in [7, 11) is 0. The Morgan fingerprint density at radius 3 is 2.54 bits per heavy atom. The summed E-state index contributed by atoms with van der Waals surface area (Å²) in [5.41, 5.74) is 5.51. The Morgan fingerprint density at radius 1 is 0.833 bits per heavy atom. The van der Waals surface area contributed by atoms with Crippen molar-refractivity contribution in [3.63, 3.8) is 0 Å². The van der Waals surface area contributed by atoms with Crippen LogP contribution in [0.4, 0.5) is 0 Å². The second kappa shape index (κ2) is 6.50. The average molecular weight is 311 g/mol. The molecule has 4 rings (SSSR count). The fourth-order valence-corrected chi connectivity index (χ4v) is 2.79. The predicted molar refractivity (Wildman–Crippen MR) is 98.5 cm³/mol. The van der Waals surface area contributed by atoms with E-state index in [1.165, 1.54) is 11.1 Å². The van der Waals surface area contributed by atoms with Gasteiger partial charge in [-0.2, -0.15) is 5.10 Å². The Kier molecular flexibility index (Phi) is 3.90. The SMILES string of the molecule is C(=C\c1[nH]nc2ccc(Cc3ccccc3)cc12)/c1ccccn1. The van der Waals surface area contributed by atoms with Crippen molar-refractivity contribution in [2.24, 2.45) is 0 Å². The van der Waals surface area contributed by atoms with Crippen molar-refractivity contribution in [3.8, 4) is 0 Å². The molecule has 2 aromatic carbocycles. The molecule has 0 fully saturated rings. The van der Waals surface area contributed by atoms with Crippen LogP contribution in [0.5, 0.6) is 0 Å². The Hall–Kier alpha value is -3.20. The van der Waals surface area contributed by atoms with E-state index in [1.807, 2.05) is 36.4 Å². The standard InChI is InChI=1S/C21H17N3/c1-2-6-16(7-3-1)14-17-9-11-20-19(15-17)21(24-23-20)12-10-18-8-4-5-13-22-18/h1-13,15H,14H2,(H,23,24)/b12-10+. The maximum atomic E-state index is 4.38. The molecule has 0 amide bonds. The van der Waals surface area contributed by atoms with Crippen LogP contribution in [0.3, 0.4) is 0 Å². The Balaban J connectivity index is 1.65. The topological polar surface area (TPSA) is 41.6 Å². The number of aromatic amines is 1. The Labute approximate surface area is 140 Å². The van der Waals surface area contributed by atoms with Crippen LogP contribution in [0, 0.1) is 0 Å². The van der Waals surface area contributed by atoms with Crippen LogP contribution >= 0.6 is 0 Å². The monoisotopic (exact) mass is 311 g/mol. The fourth-order valence-electron chi connectivity index (χ4n) is 2.79. The summed E-state index contributed by atoms with van der Waals surface area (Å²) < 4.78 is 0. The van der Waals surface area contributed by atoms with Crippen LogP contribution in [0.25, 0.3) is 23.1 Å². The number of hydrogen-bond donors (Lipinski definition) is 1. The van der Waals surface area contributed by atoms with Gasteiger partial charge in [0.05, 0.1) is 16.9 Å². The summed E-state index contributed by atoms with van der Waals surface area (Å²) in [6.07, 6.45) is 6.74. The zero-order chi connectivity index (χ0) is 16.2. The third-order valence-electron chi connectivity index (χ3n) is 4.01. The van der Waals surface area contributed by atoms with E-state index in [0.29, 0.717) is 0 Å². The third kappa shape index (κ3) is 3.10. The molecule has 0 aliphatic carbocycles. The molecular weight excluding hydrogens is 294 g/mol. The molecule has 3 nitrogen and oxygen atoms in total. The number of fused-ring (bicyclic) bond motifs is 1. The van der Waals surface area contributed by atoms with Crippen LogP contribution in [-0.2, 0) is 6.42 Å². The van der Waals surface area contributed by atoms with E-state index in [-0.39, 0.29) is 0 Å². The molecule has 3 heteroatoms. The number of hydrogen-bond acceptors (Lipinski definition) is 2. The molecule has 0 aliphatic rings. The first-order valence-corrected chi connectivity index (χ1v) is 7.98. The molecule has 0 spiro atoms. The van der Waals surface area contributed by atoms with Gasteiger partial charge in [0, 0.05) is 11.6 Å². The highest BCUT2D eigenvalue weighted by Crippen LogP contribution is 2.21. The van der Waals surface area contributed by atoms with Crippen molar-refractivity contribution in [1.29, 1.82) is 0 Å². The number of aromatic nitrogens is 3. The molecule has 0 saturated heterocycles. The van der Waals surface area contributed by atoms with Crippen molar-refractivity contribution in [1.82, 2.24) is 15.2 Å². The average Bonchev–Trinajstić information content (AvgIpc) is 3.04. The minimum Gasteiger partial charge on any atom is -0.277 e. The zero-order valence-electron chi connectivity index (χ0n) is 13.2. The van der Waals surface area contributed by atoms with Crippen LogP contribution in [-0.4, -0.2) is 15.2 Å². The Bertz CT molecular complexity index is 970. The van der Waals surface area contributed by atoms with Gasteiger partial charge < -0.3 is 0 Å². The molecule has 116 valence electrons. The maximum absolute atomic E-state index is 4.38. The quantitative estimate of drug-likeness (QED) is 0.592. The summed E-state index contributed by atoms with van der Waals surface area (Å²) in [4.78, 5) is 4.31. The highest BCUT2D eigenvalue weighted by atomic mass is 15.1. The van der Waals surface area contributed by atoms with E-state index in [4.69, 9.17) is 0 Å². The number of pyridine rings is 1. The van der Waals surface area contributed by atoms with Gasteiger partial charge in [-0.1, -0.05) is 42.5 Å². The molecular formula is C21H17N3. The maximum Gasteiger partial charge on any atom is 0.0927 e. The second-order valence-electron chi connectivity index (χ2n) is 5.74. The van der Waals surface area contributed by atoms with Crippen LogP contribution < -0.4 is 0 Å². The van der Waals surface area contributed by atoms with E-state index >= 15 is 0 Å². The molecule has 0 saturated carbocycles. The number of nitrogens with zero attached hydrogens (tertiary/aromatic N) is 2. The van der Waals surface area contributed by atoms with E-state index < -0.39 is 0 Å². The van der Waals surface area contributed by atoms with Crippen molar-refractivity contribution < 1.29 is 0 Å². The van der Waals surface area contributed by atoms with E-state index in [1.54, 1.807) is 6.20 Å². The Morgan fingerprint density at radius 2 is 1.71 bits per heavy atom. The molecule has 0 unspecified atom stereocenters. The van der Waals surface area contributed by atoms with Crippen molar-refractivity contribution in [2.45, 2.75) is 6.42 Å². The molecule has 1 N–H and O–H groups in total. The number of H-pyrrole nitrogens is 1. The molecule has 0 radical (unpaired) electrons. The minimum atomic E-state index is 0.922. The van der Waals surface area contributed by atoms with Gasteiger partial charge in [0.2, 0.25) is 0 Å². The number of benzene rings is 2. The van der Waals surface area contributed by atoms with Crippen molar-refractivity contribution >= 4 is 23.1 Å². The van der Waals surface area contributed by atoms with Crippen LogP contribution in [0.1, 0.15) is 22.5 Å². The van der Waals surface area contributed by atoms with Gasteiger partial charge in [-0.15, -0.1) is 0 Å². The van der Waals surface area contributed by atoms with Crippen molar-refractivity contribution in [2.75, 3.05) is 0 Å². The van der Waals surface area contributed by atoms with Gasteiger partial charge in [-0.25, -0.2) is 0 Å². The summed E-state index contributed by atoms with van der Waals surface area (Å²) in [6, 6.07) is 22.8. The van der Waals surface area contributed by atoms with Crippen molar-refractivity contribution in [3.05, 3.63) is 95.4 Å². The van der Waals surface area contributed by atoms with Gasteiger partial charge in [0.15, 0.2) is 0 Å². The van der Waals surface area contributed by atoms with Gasteiger partial charge in [-0.3, -0.25) is 10.1 Å². The highest BCUT2D eigenvalue weighted by molar-refractivity contribution is 5.89. The smallest absolute Gasteiger partial charge is 0.0927 e. The fraction of sp³-hybridized carbons (Fsp3) is 0.0476. The molecule has 0 aliphatic heterocycles. The first-order chi connectivity index (χ1) is 11.9. The van der Waals surface area contributed by atoms with Gasteiger partial charge in [0.25, 0.3) is 0 Å². The minimum absolute atomic E-state index is 0.922. The molecule has 0 bridgehead atoms. The van der Waals surface area contributed by atoms with Gasteiger partial charge >= 0.3 is 0 Å². The highest BCUT2D eigenvalue weighted by Gasteiger charge is 2.05. The van der Waals surface area contributed by atoms with E-state index in [0.717, 1.165) is 28.7 Å². The normalized spacial score (nSPS) is 11.3. The van der Waals surface area contributed by atoms with Gasteiger partial charge in [-0.05, 0) is 54.0 Å². The largest absolute Gasteiger partial charge is 0.277 e. The summed E-state index contributed by atoms with van der Waals surface area (Å²) in [5.74, 6) is 0. The zero-order valence-corrected chi connectivity index (χ0v) is 13.2. The molecule has 0 atom stereocenters. The second-order valence-corrected chi connectivity index (χ2v) is 5.74. The predicted octanol–water partition coefficient (Wildman–Crippen LogP) is 4.72. The van der Waals surface area contributed by atoms with E-state index in [9.17, 15) is 0 Å². The number of nitrogens with one attached hydrogen (secondary N) is 1. The van der Waals surface area contributed by atoms with Crippen LogP contribution in [0.2, 0.25) is 0 Å². The first kappa shape index (κ1) is 14.4. The third-order valence-corrected chi connectivity index (χ3v) is 4.01. The summed E-state index contributed by atoms with van der Waals surface area (Å²) in [6.45, 7) is 0. The summed E-state index contributed by atoms with van der Waals surface area (Å²) >= 11 is 0. The first-order valence-electron chi connectivity index (χ1n) is 7.98. The van der Waals surface area contributed by atoms with Gasteiger partial charge in [0.1, 0.15) is 0 Å². The molecule has 2 aromatic heterocycles. The molecule has 4 aromatic rings. The lowest BCUT2D eigenvalue weighted by atomic mass is 10.0. The lowest BCUT2D eigenvalue weighted by Crippen LogP contribution is -1.87.